The maximum atomic E-state index is 5.90. The van der Waals surface area contributed by atoms with Gasteiger partial charge in [-0.25, -0.2) is 9.97 Å². The molecule has 5 aromatic rings. The van der Waals surface area contributed by atoms with E-state index in [1.54, 1.807) is 18.9 Å². The van der Waals surface area contributed by atoms with Crippen molar-refractivity contribution in [2.45, 2.75) is 12.8 Å². The molecule has 0 spiro atoms. The maximum absolute atomic E-state index is 5.90. The van der Waals surface area contributed by atoms with E-state index in [9.17, 15) is 0 Å². The SMILES string of the molecule is ICCc1cccc(-c2cc(-c3cc(-c4coc(-c5cccc(CCI)c5)c4)ncn3)co2)c1. The average Bonchev–Trinajstić information content (AvgIpc) is 3.56. The van der Waals surface area contributed by atoms with Gasteiger partial charge >= 0.3 is 0 Å². The molecule has 0 atom stereocenters. The van der Waals surface area contributed by atoms with E-state index >= 15 is 0 Å². The molecule has 0 saturated heterocycles. The fourth-order valence-electron chi connectivity index (χ4n) is 3.90. The molecule has 6 heteroatoms. The molecule has 3 aromatic heterocycles. The van der Waals surface area contributed by atoms with E-state index in [1.165, 1.54) is 11.1 Å². The van der Waals surface area contributed by atoms with Crippen LogP contribution in [0.2, 0.25) is 0 Å². The zero-order valence-corrected chi connectivity index (χ0v) is 22.7. The van der Waals surface area contributed by atoms with E-state index in [-0.39, 0.29) is 0 Å². The highest BCUT2D eigenvalue weighted by atomic mass is 127. The van der Waals surface area contributed by atoms with E-state index < -0.39 is 0 Å². The van der Waals surface area contributed by atoms with Crippen LogP contribution in [0.15, 0.2) is 94.4 Å². The predicted octanol–water partition coefficient (Wildman–Crippen LogP) is 8.29. The third-order valence-electron chi connectivity index (χ3n) is 5.65. The van der Waals surface area contributed by atoms with Gasteiger partial charge in [-0.1, -0.05) is 81.6 Å². The summed E-state index contributed by atoms with van der Waals surface area (Å²) in [5.74, 6) is 1.67. The third-order valence-corrected chi connectivity index (χ3v) is 6.73. The smallest absolute Gasteiger partial charge is 0.134 e. The van der Waals surface area contributed by atoms with Crippen molar-refractivity contribution in [1.82, 2.24) is 9.97 Å². The highest BCUT2D eigenvalue weighted by molar-refractivity contribution is 14.1. The van der Waals surface area contributed by atoms with Crippen molar-refractivity contribution in [3.8, 4) is 45.2 Å². The van der Waals surface area contributed by atoms with Crippen molar-refractivity contribution < 1.29 is 8.83 Å². The van der Waals surface area contributed by atoms with Gasteiger partial charge < -0.3 is 8.83 Å². The molecule has 0 aliphatic rings. The fraction of sp³-hybridized carbons (Fsp3) is 0.143. The first kappa shape index (κ1) is 23.3. The Bertz CT molecular complexity index is 1300. The van der Waals surface area contributed by atoms with Gasteiger partial charge in [-0.15, -0.1) is 0 Å². The topological polar surface area (TPSA) is 52.1 Å². The summed E-state index contributed by atoms with van der Waals surface area (Å²) < 4.78 is 14.0. The molecule has 0 N–H and O–H groups in total. The number of hydrogen-bond acceptors (Lipinski definition) is 4. The van der Waals surface area contributed by atoms with Crippen LogP contribution >= 0.6 is 45.2 Å². The number of halogens is 2. The molecular weight excluding hydrogens is 650 g/mol. The van der Waals surface area contributed by atoms with Gasteiger partial charge in [0.1, 0.15) is 30.4 Å². The van der Waals surface area contributed by atoms with Gasteiger partial charge in [-0.3, -0.25) is 0 Å². The van der Waals surface area contributed by atoms with Crippen molar-refractivity contribution in [1.29, 1.82) is 0 Å². The molecule has 0 unspecified atom stereocenters. The summed E-state index contributed by atoms with van der Waals surface area (Å²) in [7, 11) is 0. The van der Waals surface area contributed by atoms with Crippen LogP contribution in [0.4, 0.5) is 0 Å². The van der Waals surface area contributed by atoms with Crippen LogP contribution in [0.3, 0.4) is 0 Å². The monoisotopic (exact) mass is 672 g/mol. The first-order valence-corrected chi connectivity index (χ1v) is 14.1. The first-order valence-electron chi connectivity index (χ1n) is 11.0. The summed E-state index contributed by atoms with van der Waals surface area (Å²) in [5.41, 5.74) is 8.25. The van der Waals surface area contributed by atoms with Crippen LogP contribution < -0.4 is 0 Å². The third kappa shape index (κ3) is 5.27. The standard InChI is InChI=1S/C28H22I2N2O2/c29-9-7-19-3-1-5-21(11-19)27-13-23(16-33-27)25-15-26(32-18-31-25)24-14-28(34-17-24)22-6-2-4-20(12-22)8-10-30/h1-6,11-18H,7-10H2. The van der Waals surface area contributed by atoms with Gasteiger partial charge in [0.15, 0.2) is 0 Å². The Morgan fingerprint density at radius 1 is 0.588 bits per heavy atom. The van der Waals surface area contributed by atoms with Gasteiger partial charge in [0.05, 0.1) is 11.4 Å². The molecule has 0 radical (unpaired) electrons. The van der Waals surface area contributed by atoms with Gasteiger partial charge in [-0.2, -0.15) is 0 Å². The van der Waals surface area contributed by atoms with Gasteiger partial charge in [-0.05, 0) is 54.3 Å². The molecule has 0 aliphatic carbocycles. The Morgan fingerprint density at radius 3 is 1.56 bits per heavy atom. The second-order valence-electron chi connectivity index (χ2n) is 7.97. The summed E-state index contributed by atoms with van der Waals surface area (Å²) in [5, 5.41) is 0. The highest BCUT2D eigenvalue weighted by Gasteiger charge is 2.12. The summed E-state index contributed by atoms with van der Waals surface area (Å²) >= 11 is 4.80. The lowest BCUT2D eigenvalue weighted by atomic mass is 10.1. The fourth-order valence-corrected chi connectivity index (χ4v) is 5.14. The van der Waals surface area contributed by atoms with E-state index in [0.717, 1.165) is 66.9 Å². The average molecular weight is 672 g/mol. The minimum absolute atomic E-state index is 0.815. The van der Waals surface area contributed by atoms with Crippen molar-refractivity contribution in [3.63, 3.8) is 0 Å². The van der Waals surface area contributed by atoms with Crippen LogP contribution in [0.25, 0.3) is 45.2 Å². The number of aryl methyl sites for hydroxylation is 2. The lowest BCUT2D eigenvalue weighted by Gasteiger charge is -2.01. The van der Waals surface area contributed by atoms with Crippen molar-refractivity contribution >= 4 is 45.2 Å². The lowest BCUT2D eigenvalue weighted by molar-refractivity contribution is 0.583. The van der Waals surface area contributed by atoms with E-state index in [4.69, 9.17) is 8.83 Å². The zero-order valence-electron chi connectivity index (χ0n) is 18.4. The van der Waals surface area contributed by atoms with Crippen molar-refractivity contribution in [2.24, 2.45) is 0 Å². The number of furan rings is 2. The molecule has 4 nitrogen and oxygen atoms in total. The Hall–Kier alpha value is -2.46. The lowest BCUT2D eigenvalue weighted by Crippen LogP contribution is -1.87. The van der Waals surface area contributed by atoms with Gasteiger partial charge in [0, 0.05) is 31.1 Å². The largest absolute Gasteiger partial charge is 0.464 e. The Balaban J connectivity index is 1.40. The second kappa shape index (κ2) is 10.9. The quantitative estimate of drug-likeness (QED) is 0.123. The van der Waals surface area contributed by atoms with E-state index in [1.807, 2.05) is 18.2 Å². The second-order valence-corrected chi connectivity index (χ2v) is 10.1. The number of hydrogen-bond donors (Lipinski definition) is 0. The number of aromatic nitrogens is 2. The van der Waals surface area contributed by atoms with Crippen LogP contribution in [-0.4, -0.2) is 18.8 Å². The molecule has 34 heavy (non-hydrogen) atoms. The normalized spacial score (nSPS) is 11.1. The molecule has 5 rings (SSSR count). The summed E-state index contributed by atoms with van der Waals surface area (Å²) in [6.07, 6.45) is 7.20. The molecule has 0 amide bonds. The number of alkyl halides is 2. The summed E-state index contributed by atoms with van der Waals surface area (Å²) in [6.45, 7) is 0. The molecule has 0 saturated carbocycles. The van der Waals surface area contributed by atoms with Crippen LogP contribution in [0.5, 0.6) is 0 Å². The molecule has 0 bridgehead atoms. The predicted molar refractivity (Wildman–Crippen MR) is 153 cm³/mol. The molecule has 2 aromatic carbocycles. The number of rotatable bonds is 8. The Labute approximate surface area is 226 Å². The number of nitrogens with zero attached hydrogens (tertiary/aromatic N) is 2. The molecule has 3 heterocycles. The van der Waals surface area contributed by atoms with Crippen LogP contribution in [0, 0.1) is 0 Å². The van der Waals surface area contributed by atoms with Gasteiger partial charge in [0.2, 0.25) is 0 Å². The summed E-state index contributed by atoms with van der Waals surface area (Å²) in [6, 6.07) is 23.0. The van der Waals surface area contributed by atoms with Crippen molar-refractivity contribution in [3.05, 3.63) is 96.7 Å². The summed E-state index contributed by atoms with van der Waals surface area (Å²) in [4.78, 5) is 8.97. The maximum Gasteiger partial charge on any atom is 0.134 e. The van der Waals surface area contributed by atoms with Crippen molar-refractivity contribution in [2.75, 3.05) is 8.86 Å². The van der Waals surface area contributed by atoms with Crippen LogP contribution in [0.1, 0.15) is 11.1 Å². The highest BCUT2D eigenvalue weighted by Crippen LogP contribution is 2.32. The minimum Gasteiger partial charge on any atom is -0.464 e. The Morgan fingerprint density at radius 2 is 1.09 bits per heavy atom. The molecular formula is C28H22I2N2O2. The minimum atomic E-state index is 0.815. The van der Waals surface area contributed by atoms with Crippen LogP contribution in [-0.2, 0) is 12.8 Å². The number of benzene rings is 2. The molecule has 170 valence electrons. The zero-order chi connectivity index (χ0) is 23.3. The molecule has 0 aliphatic heterocycles. The Kier molecular flexibility index (Phi) is 7.44. The molecule has 0 fully saturated rings. The van der Waals surface area contributed by atoms with E-state index in [2.05, 4.69) is 104 Å². The first-order chi connectivity index (χ1) is 16.7. The van der Waals surface area contributed by atoms with Gasteiger partial charge in [0.25, 0.3) is 0 Å². The van der Waals surface area contributed by atoms with E-state index in [0.29, 0.717) is 0 Å².